The molecule has 0 saturated heterocycles. The molecule has 0 aliphatic carbocycles. The molecule has 1 N–H and O–H groups in total. The molecule has 0 rings (SSSR count). The highest BCUT2D eigenvalue weighted by atomic mass is 16.3. The van der Waals surface area contributed by atoms with Gasteiger partial charge < -0.3 is 5.11 Å². The Hall–Kier alpha value is -0.0400. The summed E-state index contributed by atoms with van der Waals surface area (Å²) in [7, 11) is 0. The van der Waals surface area contributed by atoms with E-state index in [0.717, 1.165) is 25.7 Å². The molecule has 1 heteroatoms. The van der Waals surface area contributed by atoms with Gasteiger partial charge in [0.25, 0.3) is 0 Å². The van der Waals surface area contributed by atoms with Crippen LogP contribution in [0, 0.1) is 0 Å². The zero-order valence-corrected chi connectivity index (χ0v) is 7.85. The van der Waals surface area contributed by atoms with E-state index >= 15 is 0 Å². The normalized spacial score (nSPS) is 9.00. The molecule has 0 radical (unpaired) electrons. The highest BCUT2D eigenvalue weighted by molar-refractivity contribution is 4.51. The first-order valence-corrected chi connectivity index (χ1v) is 4.49. The van der Waals surface area contributed by atoms with Crippen molar-refractivity contribution in [2.45, 2.75) is 59.5 Å². The van der Waals surface area contributed by atoms with Crippen molar-refractivity contribution in [3.63, 3.8) is 0 Å². The molecular weight excluding hydrogens is 124 g/mol. The van der Waals surface area contributed by atoms with E-state index in [1.165, 1.54) is 0 Å². The van der Waals surface area contributed by atoms with Gasteiger partial charge in [0, 0.05) is 0 Å². The molecule has 0 bridgehead atoms. The number of aliphatic hydroxyl groups excluding tert-OH is 1. The fourth-order valence-electron chi connectivity index (χ4n) is 0.811. The van der Waals surface area contributed by atoms with Crippen molar-refractivity contribution in [2.24, 2.45) is 0 Å². The van der Waals surface area contributed by atoms with Crippen LogP contribution in [0.1, 0.15) is 53.4 Å². The molecule has 1 nitrogen and oxygen atoms in total. The largest absolute Gasteiger partial charge is 0.393 e. The topological polar surface area (TPSA) is 20.2 Å². The quantitative estimate of drug-likeness (QED) is 0.646. The lowest BCUT2D eigenvalue weighted by molar-refractivity contribution is 0.153. The van der Waals surface area contributed by atoms with Crippen molar-refractivity contribution >= 4 is 0 Å². The molecule has 0 aromatic heterocycles. The van der Waals surface area contributed by atoms with Crippen LogP contribution in [0.4, 0.5) is 0 Å². The van der Waals surface area contributed by atoms with Crippen molar-refractivity contribution in [1.82, 2.24) is 0 Å². The zero-order valence-electron chi connectivity index (χ0n) is 7.85. The van der Waals surface area contributed by atoms with Crippen LogP contribution < -0.4 is 0 Å². The number of hydrogen-bond donors (Lipinski definition) is 1. The Bertz CT molecular complexity index is 38.0. The average molecular weight is 146 g/mol. The maximum absolute atomic E-state index is 9.05. The van der Waals surface area contributed by atoms with Crippen LogP contribution in [0.25, 0.3) is 0 Å². The van der Waals surface area contributed by atoms with Crippen LogP contribution in [0.3, 0.4) is 0 Å². The second kappa shape index (κ2) is 11.7. The van der Waals surface area contributed by atoms with Gasteiger partial charge in [-0.3, -0.25) is 0 Å². The summed E-state index contributed by atoms with van der Waals surface area (Å²) in [5.74, 6) is 0. The lowest BCUT2D eigenvalue weighted by Gasteiger charge is -2.04. The molecule has 0 aromatic rings. The second-order valence-corrected chi connectivity index (χ2v) is 2.23. The molecule has 0 saturated carbocycles. The van der Waals surface area contributed by atoms with Crippen LogP contribution in [-0.4, -0.2) is 11.2 Å². The lowest BCUT2D eigenvalue weighted by atomic mass is 10.1. The van der Waals surface area contributed by atoms with Gasteiger partial charge in [0.05, 0.1) is 6.10 Å². The molecule has 64 valence electrons. The molecule has 0 amide bonds. The maximum Gasteiger partial charge on any atom is 0.0540 e. The van der Waals surface area contributed by atoms with E-state index in [0.29, 0.717) is 0 Å². The van der Waals surface area contributed by atoms with Gasteiger partial charge >= 0.3 is 0 Å². The summed E-state index contributed by atoms with van der Waals surface area (Å²) in [6, 6.07) is 0. The molecule has 0 unspecified atom stereocenters. The van der Waals surface area contributed by atoms with Crippen LogP contribution in [0.5, 0.6) is 0 Å². The van der Waals surface area contributed by atoms with Gasteiger partial charge in [0.15, 0.2) is 0 Å². The molecule has 0 aliphatic rings. The molecule has 0 fully saturated rings. The minimum Gasteiger partial charge on any atom is -0.393 e. The predicted octanol–water partition coefficient (Wildman–Crippen LogP) is 2.97. The Labute approximate surface area is 65.5 Å². The second-order valence-electron chi connectivity index (χ2n) is 2.23. The molecule has 10 heavy (non-hydrogen) atoms. The molecule has 0 aromatic carbocycles. The van der Waals surface area contributed by atoms with Gasteiger partial charge in [-0.05, 0) is 12.8 Å². The minimum atomic E-state index is -0.0370. The molecule has 0 aliphatic heterocycles. The van der Waals surface area contributed by atoms with Crippen molar-refractivity contribution in [3.8, 4) is 0 Å². The van der Waals surface area contributed by atoms with Crippen LogP contribution in [0.15, 0.2) is 0 Å². The Morgan fingerprint density at radius 2 is 1.30 bits per heavy atom. The summed E-state index contributed by atoms with van der Waals surface area (Å²) in [5.41, 5.74) is 0. The van der Waals surface area contributed by atoms with Gasteiger partial charge in [-0.1, -0.05) is 40.5 Å². The summed E-state index contributed by atoms with van der Waals surface area (Å²) in [5, 5.41) is 9.05. The van der Waals surface area contributed by atoms with Gasteiger partial charge in [0.1, 0.15) is 0 Å². The average Bonchev–Trinajstić information content (AvgIpc) is 1.93. The van der Waals surface area contributed by atoms with Gasteiger partial charge in [-0.25, -0.2) is 0 Å². The van der Waals surface area contributed by atoms with Crippen molar-refractivity contribution in [1.29, 1.82) is 0 Å². The summed E-state index contributed by atoms with van der Waals surface area (Å²) in [4.78, 5) is 0. The molecule has 0 spiro atoms. The Balaban J connectivity index is 0. The minimum absolute atomic E-state index is 0.0370. The Morgan fingerprint density at radius 3 is 1.50 bits per heavy atom. The third-order valence-corrected chi connectivity index (χ3v) is 1.24. The van der Waals surface area contributed by atoms with E-state index in [1.54, 1.807) is 0 Å². The monoisotopic (exact) mass is 146 g/mol. The molecular formula is C9H22O. The molecule has 0 heterocycles. The number of hydrogen-bond acceptors (Lipinski definition) is 1. The first-order chi connectivity index (χ1) is 4.81. The van der Waals surface area contributed by atoms with Crippen LogP contribution >= 0.6 is 0 Å². The van der Waals surface area contributed by atoms with E-state index in [9.17, 15) is 0 Å². The first kappa shape index (κ1) is 12.6. The number of aliphatic hydroxyl groups is 1. The first-order valence-electron chi connectivity index (χ1n) is 4.49. The fourth-order valence-corrected chi connectivity index (χ4v) is 0.811. The van der Waals surface area contributed by atoms with Crippen LogP contribution in [-0.2, 0) is 0 Å². The maximum atomic E-state index is 9.05. The third-order valence-electron chi connectivity index (χ3n) is 1.24. The van der Waals surface area contributed by atoms with Crippen molar-refractivity contribution < 1.29 is 5.11 Å². The molecule has 0 atom stereocenters. The summed E-state index contributed by atoms with van der Waals surface area (Å²) in [6.45, 7) is 8.19. The fraction of sp³-hybridized carbons (Fsp3) is 1.00. The zero-order chi connectivity index (χ0) is 8.41. The smallest absolute Gasteiger partial charge is 0.0540 e. The van der Waals surface area contributed by atoms with E-state index in [1.807, 2.05) is 13.8 Å². The predicted molar refractivity (Wildman–Crippen MR) is 47.2 cm³/mol. The lowest BCUT2D eigenvalue weighted by Crippen LogP contribution is -2.03. The van der Waals surface area contributed by atoms with E-state index in [2.05, 4.69) is 13.8 Å². The van der Waals surface area contributed by atoms with Crippen molar-refractivity contribution in [3.05, 3.63) is 0 Å². The summed E-state index contributed by atoms with van der Waals surface area (Å²) >= 11 is 0. The van der Waals surface area contributed by atoms with Gasteiger partial charge in [0.2, 0.25) is 0 Å². The van der Waals surface area contributed by atoms with E-state index in [4.69, 9.17) is 5.11 Å². The van der Waals surface area contributed by atoms with Crippen molar-refractivity contribution in [2.75, 3.05) is 0 Å². The third kappa shape index (κ3) is 10.9. The summed E-state index contributed by atoms with van der Waals surface area (Å²) in [6.07, 6.45) is 4.09. The van der Waals surface area contributed by atoms with Gasteiger partial charge in [-0.2, -0.15) is 0 Å². The van der Waals surface area contributed by atoms with Gasteiger partial charge in [-0.15, -0.1) is 0 Å². The SMILES string of the molecule is CC.CCCC(O)CCC. The highest BCUT2D eigenvalue weighted by Gasteiger charge is 1.97. The van der Waals surface area contributed by atoms with Crippen LogP contribution in [0.2, 0.25) is 0 Å². The van der Waals surface area contributed by atoms with E-state index < -0.39 is 0 Å². The summed E-state index contributed by atoms with van der Waals surface area (Å²) < 4.78 is 0. The standard InChI is InChI=1S/C7H16O.C2H6/c1-3-5-7(8)6-4-2;1-2/h7-8H,3-6H2,1-2H3;1-2H3. The van der Waals surface area contributed by atoms with E-state index in [-0.39, 0.29) is 6.10 Å². The highest BCUT2D eigenvalue weighted by Crippen LogP contribution is 2.02. The number of rotatable bonds is 4. The Morgan fingerprint density at radius 1 is 1.00 bits per heavy atom. The Kier molecular flexibility index (Phi) is 14.8.